The van der Waals surface area contributed by atoms with Crippen LogP contribution in [0.5, 0.6) is 0 Å². The lowest BCUT2D eigenvalue weighted by Gasteiger charge is -2.26. The van der Waals surface area contributed by atoms with Crippen LogP contribution in [0, 0.1) is 5.92 Å². The fraction of sp³-hybridized carbons (Fsp3) is 0.588. The summed E-state index contributed by atoms with van der Waals surface area (Å²) < 4.78 is 0. The van der Waals surface area contributed by atoms with Crippen molar-refractivity contribution >= 4 is 23.4 Å². The van der Waals surface area contributed by atoms with Crippen molar-refractivity contribution in [2.75, 3.05) is 36.5 Å². The Morgan fingerprint density at radius 2 is 1.91 bits per heavy atom. The molecule has 122 valence electrons. The van der Waals surface area contributed by atoms with Gasteiger partial charge in [-0.1, -0.05) is 19.1 Å². The summed E-state index contributed by atoms with van der Waals surface area (Å²) in [5.41, 5.74) is 7.92. The van der Waals surface area contributed by atoms with Gasteiger partial charge in [0, 0.05) is 42.9 Å². The second kappa shape index (κ2) is 8.56. The number of nitrogens with one attached hydrogen (secondary N) is 1. The van der Waals surface area contributed by atoms with E-state index in [4.69, 9.17) is 5.73 Å². The standard InChI is InChI=1S/C17H27N3OS/c1-13(14(2)18)17(21)19-16-5-3-15(4-6-16)7-8-20-9-11-22-12-10-20/h3-6,13-14H,7-12,18H2,1-2H3,(H,19,21). The summed E-state index contributed by atoms with van der Waals surface area (Å²) in [6.07, 6.45) is 1.06. The Morgan fingerprint density at radius 1 is 1.27 bits per heavy atom. The summed E-state index contributed by atoms with van der Waals surface area (Å²) in [5.74, 6) is 2.30. The molecule has 0 aliphatic carbocycles. The summed E-state index contributed by atoms with van der Waals surface area (Å²) in [4.78, 5) is 14.5. The number of thioether (sulfide) groups is 1. The number of carbonyl (C=O) groups excluding carboxylic acids is 1. The van der Waals surface area contributed by atoms with Crippen LogP contribution in [-0.4, -0.2) is 48.0 Å². The summed E-state index contributed by atoms with van der Waals surface area (Å²) in [5, 5.41) is 2.92. The van der Waals surface area contributed by atoms with Gasteiger partial charge in [0.1, 0.15) is 0 Å². The van der Waals surface area contributed by atoms with Gasteiger partial charge in [-0.25, -0.2) is 0 Å². The van der Waals surface area contributed by atoms with Crippen molar-refractivity contribution in [3.8, 4) is 0 Å². The number of carbonyl (C=O) groups is 1. The van der Waals surface area contributed by atoms with Gasteiger partial charge in [-0.2, -0.15) is 11.8 Å². The zero-order chi connectivity index (χ0) is 15.9. The van der Waals surface area contributed by atoms with Gasteiger partial charge in [0.2, 0.25) is 5.91 Å². The van der Waals surface area contributed by atoms with Crippen LogP contribution in [0.15, 0.2) is 24.3 Å². The number of amides is 1. The van der Waals surface area contributed by atoms with E-state index >= 15 is 0 Å². The minimum absolute atomic E-state index is 0.0198. The number of anilines is 1. The predicted molar refractivity (Wildman–Crippen MR) is 95.4 cm³/mol. The molecule has 2 unspecified atom stereocenters. The number of nitrogens with zero attached hydrogens (tertiary/aromatic N) is 1. The first-order chi connectivity index (χ1) is 10.6. The van der Waals surface area contributed by atoms with Crippen molar-refractivity contribution in [2.45, 2.75) is 26.3 Å². The molecule has 3 N–H and O–H groups in total. The van der Waals surface area contributed by atoms with Gasteiger partial charge < -0.3 is 16.0 Å². The van der Waals surface area contributed by atoms with E-state index in [-0.39, 0.29) is 17.9 Å². The Hall–Kier alpha value is -1.04. The predicted octanol–water partition coefficient (Wildman–Crippen LogP) is 2.20. The van der Waals surface area contributed by atoms with Gasteiger partial charge in [0.25, 0.3) is 0 Å². The molecule has 2 atom stereocenters. The molecule has 1 aromatic carbocycles. The maximum absolute atomic E-state index is 12.0. The minimum Gasteiger partial charge on any atom is -0.327 e. The highest BCUT2D eigenvalue weighted by Gasteiger charge is 2.17. The van der Waals surface area contributed by atoms with Crippen molar-refractivity contribution in [3.05, 3.63) is 29.8 Å². The number of hydrogen-bond acceptors (Lipinski definition) is 4. The smallest absolute Gasteiger partial charge is 0.228 e. The van der Waals surface area contributed by atoms with Gasteiger partial charge in [0.15, 0.2) is 0 Å². The molecule has 22 heavy (non-hydrogen) atoms. The van der Waals surface area contributed by atoms with Crippen LogP contribution in [0.2, 0.25) is 0 Å². The van der Waals surface area contributed by atoms with E-state index in [1.807, 2.05) is 37.7 Å². The zero-order valence-corrected chi connectivity index (χ0v) is 14.4. The van der Waals surface area contributed by atoms with E-state index in [9.17, 15) is 4.79 Å². The van der Waals surface area contributed by atoms with Crippen LogP contribution in [-0.2, 0) is 11.2 Å². The summed E-state index contributed by atoms with van der Waals surface area (Å²) in [6.45, 7) is 7.23. The molecule has 1 aliphatic heterocycles. The molecule has 5 heteroatoms. The fourth-order valence-electron chi connectivity index (χ4n) is 2.36. The monoisotopic (exact) mass is 321 g/mol. The van der Waals surface area contributed by atoms with Crippen molar-refractivity contribution in [2.24, 2.45) is 11.7 Å². The minimum atomic E-state index is -0.184. The fourth-order valence-corrected chi connectivity index (χ4v) is 3.34. The number of hydrogen-bond donors (Lipinski definition) is 2. The maximum Gasteiger partial charge on any atom is 0.228 e. The molecule has 2 rings (SSSR count). The van der Waals surface area contributed by atoms with Gasteiger partial charge in [-0.3, -0.25) is 4.79 Å². The molecule has 0 bridgehead atoms. The van der Waals surface area contributed by atoms with Gasteiger partial charge >= 0.3 is 0 Å². The van der Waals surface area contributed by atoms with Crippen molar-refractivity contribution in [3.63, 3.8) is 0 Å². The van der Waals surface area contributed by atoms with Gasteiger partial charge in [0.05, 0.1) is 5.92 Å². The summed E-state index contributed by atoms with van der Waals surface area (Å²) in [6, 6.07) is 8.03. The first kappa shape index (κ1) is 17.3. The molecule has 0 spiro atoms. The van der Waals surface area contributed by atoms with Crippen LogP contribution in [0.1, 0.15) is 19.4 Å². The lowest BCUT2D eigenvalue weighted by atomic mass is 10.0. The number of rotatable bonds is 6. The molecule has 0 aromatic heterocycles. The van der Waals surface area contributed by atoms with Gasteiger partial charge in [-0.15, -0.1) is 0 Å². The molecular weight excluding hydrogens is 294 g/mol. The molecule has 1 aromatic rings. The summed E-state index contributed by atoms with van der Waals surface area (Å²) in [7, 11) is 0. The number of benzene rings is 1. The number of nitrogens with two attached hydrogens (primary N) is 1. The largest absolute Gasteiger partial charge is 0.327 e. The average molecular weight is 321 g/mol. The van der Waals surface area contributed by atoms with E-state index in [1.54, 1.807) is 0 Å². The van der Waals surface area contributed by atoms with Crippen LogP contribution < -0.4 is 11.1 Å². The zero-order valence-electron chi connectivity index (χ0n) is 13.5. The SMILES string of the molecule is CC(N)C(C)C(=O)Nc1ccc(CCN2CCSCC2)cc1. The maximum atomic E-state index is 12.0. The average Bonchev–Trinajstić information content (AvgIpc) is 2.54. The van der Waals surface area contributed by atoms with Crippen LogP contribution in [0.3, 0.4) is 0 Å². The van der Waals surface area contributed by atoms with E-state index in [1.165, 1.54) is 30.2 Å². The third-order valence-corrected chi connectivity index (χ3v) is 5.19. The molecule has 0 saturated carbocycles. The van der Waals surface area contributed by atoms with Gasteiger partial charge in [-0.05, 0) is 31.0 Å². The van der Waals surface area contributed by atoms with Crippen LogP contribution in [0.25, 0.3) is 0 Å². The molecule has 1 saturated heterocycles. The first-order valence-electron chi connectivity index (χ1n) is 8.02. The third kappa shape index (κ3) is 5.30. The highest BCUT2D eigenvalue weighted by molar-refractivity contribution is 7.99. The Morgan fingerprint density at radius 3 is 2.50 bits per heavy atom. The second-order valence-corrected chi connectivity index (χ2v) is 7.26. The molecule has 1 heterocycles. The van der Waals surface area contributed by atoms with Crippen LogP contribution in [0.4, 0.5) is 5.69 Å². The van der Waals surface area contributed by atoms with E-state index < -0.39 is 0 Å². The van der Waals surface area contributed by atoms with Crippen molar-refractivity contribution in [1.82, 2.24) is 4.90 Å². The second-order valence-electron chi connectivity index (χ2n) is 6.04. The van der Waals surface area contributed by atoms with Crippen molar-refractivity contribution in [1.29, 1.82) is 0 Å². The topological polar surface area (TPSA) is 58.4 Å². The normalized spacial score (nSPS) is 18.7. The Balaban J connectivity index is 1.80. The van der Waals surface area contributed by atoms with Crippen LogP contribution >= 0.6 is 11.8 Å². The van der Waals surface area contributed by atoms with E-state index in [2.05, 4.69) is 22.3 Å². The molecule has 1 aliphatic rings. The molecule has 4 nitrogen and oxygen atoms in total. The molecule has 1 amide bonds. The lowest BCUT2D eigenvalue weighted by molar-refractivity contribution is -0.119. The van der Waals surface area contributed by atoms with E-state index in [0.29, 0.717) is 0 Å². The third-order valence-electron chi connectivity index (χ3n) is 4.24. The quantitative estimate of drug-likeness (QED) is 0.843. The highest BCUT2D eigenvalue weighted by atomic mass is 32.2. The molecule has 0 radical (unpaired) electrons. The Kier molecular flexibility index (Phi) is 6.73. The highest BCUT2D eigenvalue weighted by Crippen LogP contribution is 2.14. The Bertz CT molecular complexity index is 469. The lowest BCUT2D eigenvalue weighted by Crippen LogP contribution is -2.34. The molecular formula is C17H27N3OS. The first-order valence-corrected chi connectivity index (χ1v) is 9.17. The molecule has 1 fully saturated rings. The van der Waals surface area contributed by atoms with Crippen molar-refractivity contribution < 1.29 is 4.79 Å². The Labute approximate surface area is 137 Å². The van der Waals surface area contributed by atoms with E-state index in [0.717, 1.165) is 18.7 Å². The summed E-state index contributed by atoms with van der Waals surface area (Å²) >= 11 is 2.04.